The van der Waals surface area contributed by atoms with Gasteiger partial charge in [-0.05, 0) is 31.4 Å². The van der Waals surface area contributed by atoms with Crippen LogP contribution < -0.4 is 5.73 Å². The third-order valence-corrected chi connectivity index (χ3v) is 2.38. The Morgan fingerprint density at radius 3 is 2.67 bits per heavy atom. The smallest absolute Gasteiger partial charge is 0.310 e. The van der Waals surface area contributed by atoms with E-state index in [-0.39, 0.29) is 6.04 Å². The topological polar surface area (TPSA) is 63.3 Å². The molecule has 15 heavy (non-hydrogen) atoms. The number of carboxylic acids is 1. The number of hydrogen-bond acceptors (Lipinski definition) is 2. The van der Waals surface area contributed by atoms with E-state index in [0.29, 0.717) is 0 Å². The molecule has 0 bridgehead atoms. The average molecular weight is 207 g/mol. The van der Waals surface area contributed by atoms with Crippen LogP contribution in [0.1, 0.15) is 30.9 Å². The lowest BCUT2D eigenvalue weighted by atomic mass is 9.97. The summed E-state index contributed by atoms with van der Waals surface area (Å²) in [6, 6.07) is 7.71. The van der Waals surface area contributed by atoms with Crippen molar-refractivity contribution < 1.29 is 9.90 Å². The summed E-state index contributed by atoms with van der Waals surface area (Å²) in [5, 5.41) is 8.88. The number of rotatable bonds is 4. The summed E-state index contributed by atoms with van der Waals surface area (Å²) in [6.07, 6.45) is 0.778. The number of hydrogen-bond donors (Lipinski definition) is 2. The van der Waals surface area contributed by atoms with E-state index in [1.54, 1.807) is 6.92 Å². The minimum atomic E-state index is -0.798. The Labute approximate surface area is 89.9 Å². The lowest BCUT2D eigenvalue weighted by Crippen LogP contribution is -2.18. The van der Waals surface area contributed by atoms with Crippen molar-refractivity contribution in [3.05, 3.63) is 35.4 Å². The van der Waals surface area contributed by atoms with Gasteiger partial charge in [0, 0.05) is 6.04 Å². The molecule has 3 N–H and O–H groups in total. The molecule has 0 saturated heterocycles. The van der Waals surface area contributed by atoms with Gasteiger partial charge in [0.25, 0.3) is 0 Å². The lowest BCUT2D eigenvalue weighted by molar-refractivity contribution is -0.138. The minimum absolute atomic E-state index is 0.0976. The van der Waals surface area contributed by atoms with Gasteiger partial charge in [-0.1, -0.05) is 24.3 Å². The van der Waals surface area contributed by atoms with Crippen LogP contribution in [-0.4, -0.2) is 17.1 Å². The van der Waals surface area contributed by atoms with Crippen molar-refractivity contribution in [2.45, 2.75) is 32.2 Å². The van der Waals surface area contributed by atoms with E-state index in [4.69, 9.17) is 10.8 Å². The maximum Gasteiger partial charge on any atom is 0.310 e. The van der Waals surface area contributed by atoms with Crippen LogP contribution >= 0.6 is 0 Å². The second-order valence-electron chi connectivity index (χ2n) is 3.99. The Hall–Kier alpha value is -1.35. The first-order valence-corrected chi connectivity index (χ1v) is 5.08. The van der Waals surface area contributed by atoms with E-state index < -0.39 is 11.9 Å². The average Bonchev–Trinajstić information content (AvgIpc) is 2.16. The van der Waals surface area contributed by atoms with Crippen molar-refractivity contribution in [2.24, 2.45) is 5.73 Å². The Bertz CT molecular complexity index is 347. The molecule has 1 rings (SSSR count). The van der Waals surface area contributed by atoms with Crippen LogP contribution in [0.5, 0.6) is 0 Å². The van der Waals surface area contributed by atoms with Gasteiger partial charge in [-0.15, -0.1) is 0 Å². The maximum atomic E-state index is 10.8. The number of carbonyl (C=O) groups is 1. The van der Waals surface area contributed by atoms with Crippen molar-refractivity contribution in [2.75, 3.05) is 0 Å². The number of benzene rings is 1. The van der Waals surface area contributed by atoms with E-state index in [0.717, 1.165) is 17.5 Å². The van der Waals surface area contributed by atoms with Gasteiger partial charge < -0.3 is 10.8 Å². The lowest BCUT2D eigenvalue weighted by Gasteiger charge is -2.10. The minimum Gasteiger partial charge on any atom is -0.481 e. The molecule has 2 atom stereocenters. The fourth-order valence-corrected chi connectivity index (χ4v) is 1.50. The summed E-state index contributed by atoms with van der Waals surface area (Å²) < 4.78 is 0. The van der Waals surface area contributed by atoms with Crippen LogP contribution in [0, 0.1) is 0 Å². The van der Waals surface area contributed by atoms with E-state index >= 15 is 0 Å². The molecule has 82 valence electrons. The van der Waals surface area contributed by atoms with Crippen LogP contribution in [-0.2, 0) is 11.2 Å². The molecule has 0 fully saturated rings. The monoisotopic (exact) mass is 207 g/mol. The van der Waals surface area contributed by atoms with E-state index in [1.165, 1.54) is 0 Å². The molecular formula is C12H17NO2. The quantitative estimate of drug-likeness (QED) is 0.790. The Kier molecular flexibility index (Phi) is 3.86. The molecule has 0 saturated carbocycles. The standard InChI is InChI=1S/C12H17NO2/c1-8(13)6-10-4-3-5-11(7-10)9(2)12(14)15/h3-5,7-9H,6,13H2,1-2H3,(H,14,15). The number of nitrogens with two attached hydrogens (primary N) is 1. The number of carboxylic acid groups (broad SMARTS) is 1. The zero-order valence-electron chi connectivity index (χ0n) is 9.10. The first-order chi connectivity index (χ1) is 7.00. The Morgan fingerprint density at radius 1 is 1.47 bits per heavy atom. The highest BCUT2D eigenvalue weighted by Crippen LogP contribution is 2.17. The van der Waals surface area contributed by atoms with Gasteiger partial charge in [0.1, 0.15) is 0 Å². The number of aliphatic carboxylic acids is 1. The third kappa shape index (κ3) is 3.36. The first-order valence-electron chi connectivity index (χ1n) is 5.08. The van der Waals surface area contributed by atoms with Gasteiger partial charge in [-0.3, -0.25) is 4.79 Å². The van der Waals surface area contributed by atoms with Gasteiger partial charge in [0.05, 0.1) is 5.92 Å². The van der Waals surface area contributed by atoms with Crippen LogP contribution in [0.15, 0.2) is 24.3 Å². The molecule has 2 unspecified atom stereocenters. The molecule has 1 aromatic carbocycles. The molecule has 0 aliphatic rings. The van der Waals surface area contributed by atoms with Crippen molar-refractivity contribution in [3.8, 4) is 0 Å². The van der Waals surface area contributed by atoms with Crippen molar-refractivity contribution >= 4 is 5.97 Å². The summed E-state index contributed by atoms with van der Waals surface area (Å²) in [5.74, 6) is -1.26. The summed E-state index contributed by atoms with van der Waals surface area (Å²) >= 11 is 0. The molecule has 0 radical (unpaired) electrons. The zero-order chi connectivity index (χ0) is 11.4. The highest BCUT2D eigenvalue weighted by Gasteiger charge is 2.13. The van der Waals surface area contributed by atoms with E-state index in [2.05, 4.69) is 0 Å². The van der Waals surface area contributed by atoms with Gasteiger partial charge >= 0.3 is 5.97 Å². The molecule has 0 aliphatic carbocycles. The van der Waals surface area contributed by atoms with Crippen LogP contribution in [0.3, 0.4) is 0 Å². The molecule has 0 spiro atoms. The normalized spacial score (nSPS) is 14.6. The van der Waals surface area contributed by atoms with Gasteiger partial charge in [-0.2, -0.15) is 0 Å². The Morgan fingerprint density at radius 2 is 2.13 bits per heavy atom. The highest BCUT2D eigenvalue weighted by atomic mass is 16.4. The van der Waals surface area contributed by atoms with Crippen molar-refractivity contribution in [1.82, 2.24) is 0 Å². The van der Waals surface area contributed by atoms with Crippen LogP contribution in [0.4, 0.5) is 0 Å². The summed E-state index contributed by atoms with van der Waals surface area (Å²) in [4.78, 5) is 10.8. The van der Waals surface area contributed by atoms with Gasteiger partial charge in [0.2, 0.25) is 0 Å². The van der Waals surface area contributed by atoms with E-state index in [1.807, 2.05) is 31.2 Å². The predicted molar refractivity (Wildman–Crippen MR) is 59.8 cm³/mol. The fourth-order valence-electron chi connectivity index (χ4n) is 1.50. The second kappa shape index (κ2) is 4.94. The fraction of sp³-hybridized carbons (Fsp3) is 0.417. The summed E-state index contributed by atoms with van der Waals surface area (Å²) in [5.41, 5.74) is 7.62. The molecule has 3 heteroatoms. The molecule has 0 amide bonds. The van der Waals surface area contributed by atoms with Crippen molar-refractivity contribution in [1.29, 1.82) is 0 Å². The van der Waals surface area contributed by atoms with Crippen molar-refractivity contribution in [3.63, 3.8) is 0 Å². The van der Waals surface area contributed by atoms with Gasteiger partial charge in [0.15, 0.2) is 0 Å². The van der Waals surface area contributed by atoms with Crippen LogP contribution in [0.25, 0.3) is 0 Å². The largest absolute Gasteiger partial charge is 0.481 e. The molecule has 0 heterocycles. The van der Waals surface area contributed by atoms with E-state index in [9.17, 15) is 4.79 Å². The molecule has 0 aliphatic heterocycles. The summed E-state index contributed by atoms with van der Waals surface area (Å²) in [7, 11) is 0. The predicted octanol–water partition coefficient (Wildman–Crippen LogP) is 1.76. The molecule has 1 aromatic rings. The molecule has 0 aromatic heterocycles. The Balaban J connectivity index is 2.87. The summed E-state index contributed by atoms with van der Waals surface area (Å²) in [6.45, 7) is 3.63. The second-order valence-corrected chi connectivity index (χ2v) is 3.99. The zero-order valence-corrected chi connectivity index (χ0v) is 9.10. The molecular weight excluding hydrogens is 190 g/mol. The molecule has 3 nitrogen and oxygen atoms in total. The van der Waals surface area contributed by atoms with Gasteiger partial charge in [-0.25, -0.2) is 0 Å². The first kappa shape index (κ1) is 11.7. The van der Waals surface area contributed by atoms with Crippen LogP contribution in [0.2, 0.25) is 0 Å². The SMILES string of the molecule is CC(N)Cc1cccc(C(C)C(=O)O)c1. The maximum absolute atomic E-state index is 10.8. The highest BCUT2D eigenvalue weighted by molar-refractivity contribution is 5.75. The third-order valence-electron chi connectivity index (χ3n) is 2.38.